The molecule has 2 saturated heterocycles. The van der Waals surface area contributed by atoms with E-state index < -0.39 is 17.9 Å². The van der Waals surface area contributed by atoms with Crippen LogP contribution in [0.3, 0.4) is 0 Å². The molecule has 0 spiro atoms. The van der Waals surface area contributed by atoms with Gasteiger partial charge in [-0.1, -0.05) is 18.7 Å². The van der Waals surface area contributed by atoms with Gasteiger partial charge in [-0.2, -0.15) is 0 Å². The number of carbonyl (C=O) groups excluding carboxylic acids is 3. The van der Waals surface area contributed by atoms with E-state index in [0.29, 0.717) is 87.7 Å². The summed E-state index contributed by atoms with van der Waals surface area (Å²) in [5.41, 5.74) is 6.64. The van der Waals surface area contributed by atoms with Crippen LogP contribution in [0.5, 0.6) is 5.88 Å². The third-order valence-corrected chi connectivity index (χ3v) is 11.8. The molecule has 3 aliphatic heterocycles. The fourth-order valence-corrected chi connectivity index (χ4v) is 8.36. The molecule has 3 amide bonds. The molecule has 2 aromatic carbocycles. The Morgan fingerprint density at radius 3 is 2.32 bits per heavy atom. The second kappa shape index (κ2) is 16.9. The molecule has 3 aromatic heterocycles. The molecule has 5 aromatic rings. The number of piperidine rings is 1. The second-order valence-corrected chi connectivity index (χ2v) is 15.7. The normalized spacial score (nSPS) is 20.6. The minimum Gasteiger partial charge on any atom is -0.474 e. The van der Waals surface area contributed by atoms with Gasteiger partial charge in [0.05, 0.1) is 69.0 Å². The average molecular weight is 801 g/mol. The number of ether oxygens (including phenoxy) is 5. The maximum absolute atomic E-state index is 13.2. The lowest BCUT2D eigenvalue weighted by molar-refractivity contribution is -0.125. The molecule has 4 aliphatic rings. The fraction of sp³-hybridized carbons (Fsp3) is 0.400. The lowest BCUT2D eigenvalue weighted by atomic mass is 9.92. The number of carbonyl (C=O) groups is 3. The fourth-order valence-electron chi connectivity index (χ4n) is 8.36. The molecule has 1 unspecified atom stereocenters. The van der Waals surface area contributed by atoms with Crippen LogP contribution < -0.4 is 15.0 Å². The lowest BCUT2D eigenvalue weighted by Crippen LogP contribution is -2.51. The zero-order valence-corrected chi connectivity index (χ0v) is 33.1. The number of allylic oxidation sites excluding steroid dienone is 1. The molecule has 14 nitrogen and oxygen atoms in total. The van der Waals surface area contributed by atoms with Crippen molar-refractivity contribution < 1.29 is 38.1 Å². The number of aromatic nitrogens is 3. The van der Waals surface area contributed by atoms with E-state index in [1.54, 1.807) is 12.1 Å². The number of benzene rings is 2. The smallest absolute Gasteiger partial charge is 0.262 e. The molecule has 6 heterocycles. The first-order valence-electron chi connectivity index (χ1n) is 20.4. The van der Waals surface area contributed by atoms with Crippen molar-refractivity contribution in [2.45, 2.75) is 43.9 Å². The molecule has 1 atom stereocenters. The van der Waals surface area contributed by atoms with Crippen LogP contribution in [0.2, 0.25) is 0 Å². The highest BCUT2D eigenvalue weighted by Gasteiger charge is 2.44. The summed E-state index contributed by atoms with van der Waals surface area (Å²) >= 11 is 0. The Bertz CT molecular complexity index is 2390. The molecule has 59 heavy (non-hydrogen) atoms. The van der Waals surface area contributed by atoms with Gasteiger partial charge in [-0.05, 0) is 54.8 Å². The minimum atomic E-state index is -0.815. The summed E-state index contributed by atoms with van der Waals surface area (Å²) in [5.74, 6) is -0.223. The first-order chi connectivity index (χ1) is 28.8. The van der Waals surface area contributed by atoms with E-state index in [4.69, 9.17) is 23.7 Å². The minimum absolute atomic E-state index is 0.0937. The van der Waals surface area contributed by atoms with Crippen LogP contribution in [0, 0.1) is 5.92 Å². The van der Waals surface area contributed by atoms with Gasteiger partial charge >= 0.3 is 0 Å². The van der Waals surface area contributed by atoms with Crippen molar-refractivity contribution in [2.75, 3.05) is 64.2 Å². The lowest BCUT2D eigenvalue weighted by Gasteiger charge is -2.41. The topological polar surface area (TPSA) is 147 Å². The van der Waals surface area contributed by atoms with E-state index in [-0.39, 0.29) is 18.1 Å². The number of rotatable bonds is 17. The first-order valence-corrected chi connectivity index (χ1v) is 20.4. The van der Waals surface area contributed by atoms with Crippen LogP contribution in [0.25, 0.3) is 32.9 Å². The quantitative estimate of drug-likeness (QED) is 0.0968. The summed E-state index contributed by atoms with van der Waals surface area (Å²) < 4.78 is 31.4. The molecular formula is C45H48N6O8. The van der Waals surface area contributed by atoms with Crippen LogP contribution in [-0.4, -0.2) is 115 Å². The molecular weight excluding hydrogens is 753 g/mol. The maximum Gasteiger partial charge on any atom is 0.262 e. The molecule has 306 valence electrons. The largest absolute Gasteiger partial charge is 0.474 e. The number of hydrogen-bond donors (Lipinski definition) is 1. The standard InChI is InChI=1S/C45H48N6O8/c1-28-3-9-40(43(52)48-28)51-44(53)36-8-6-32(20-37(36)45(51)54)50-25-29(26-50)27-57-16-15-55-13-14-56-17-18-58-33-21-34(22-33)59-42-10-5-31(23-47-42)30-4-7-35-38-24-46-12-11-39(38)49(2)41(35)19-30/h4-8,10-12,19-20,23-24,29,33-34,40H,1,3,9,13-18,21-22,25-27H2,2H3,(H,48,52). The van der Waals surface area contributed by atoms with Crippen LogP contribution in [0.1, 0.15) is 46.4 Å². The zero-order valence-electron chi connectivity index (χ0n) is 33.1. The summed E-state index contributed by atoms with van der Waals surface area (Å²) in [7, 11) is 2.08. The molecule has 1 saturated carbocycles. The first kappa shape index (κ1) is 38.8. The van der Waals surface area contributed by atoms with Crippen LogP contribution in [0.15, 0.2) is 85.5 Å². The van der Waals surface area contributed by atoms with E-state index >= 15 is 0 Å². The van der Waals surface area contributed by atoms with Gasteiger partial charge in [0.2, 0.25) is 11.8 Å². The summed E-state index contributed by atoms with van der Waals surface area (Å²) in [6.45, 7) is 8.96. The van der Waals surface area contributed by atoms with Crippen molar-refractivity contribution >= 4 is 45.2 Å². The molecule has 1 aliphatic carbocycles. The Morgan fingerprint density at radius 2 is 1.54 bits per heavy atom. The van der Waals surface area contributed by atoms with Crippen molar-refractivity contribution in [3.05, 3.63) is 96.6 Å². The van der Waals surface area contributed by atoms with Gasteiger partial charge in [0, 0.05) is 96.8 Å². The third kappa shape index (κ3) is 8.05. The van der Waals surface area contributed by atoms with Crippen LogP contribution in [-0.2, 0) is 30.8 Å². The zero-order chi connectivity index (χ0) is 40.5. The Morgan fingerprint density at radius 1 is 0.780 bits per heavy atom. The highest BCUT2D eigenvalue weighted by molar-refractivity contribution is 6.23. The molecule has 3 fully saturated rings. The van der Waals surface area contributed by atoms with Gasteiger partial charge in [0.15, 0.2) is 0 Å². The van der Waals surface area contributed by atoms with E-state index in [0.717, 1.165) is 64.1 Å². The van der Waals surface area contributed by atoms with Gasteiger partial charge in [-0.25, -0.2) is 4.98 Å². The van der Waals surface area contributed by atoms with Gasteiger partial charge in [-0.3, -0.25) is 24.3 Å². The molecule has 14 heteroatoms. The number of aryl methyl sites for hydroxylation is 1. The summed E-state index contributed by atoms with van der Waals surface area (Å²) in [6.07, 6.45) is 8.44. The summed E-state index contributed by atoms with van der Waals surface area (Å²) in [4.78, 5) is 50.8. The van der Waals surface area contributed by atoms with E-state index in [2.05, 4.69) is 62.6 Å². The van der Waals surface area contributed by atoms with E-state index in [1.807, 2.05) is 36.8 Å². The number of amides is 3. The van der Waals surface area contributed by atoms with E-state index in [9.17, 15) is 14.4 Å². The summed E-state index contributed by atoms with van der Waals surface area (Å²) in [6, 6.07) is 17.0. The Balaban J connectivity index is 0.593. The van der Waals surface area contributed by atoms with Crippen molar-refractivity contribution in [3.8, 4) is 17.0 Å². The highest BCUT2D eigenvalue weighted by Crippen LogP contribution is 2.35. The number of pyridine rings is 2. The Kier molecular flexibility index (Phi) is 11.1. The predicted molar refractivity (Wildman–Crippen MR) is 220 cm³/mol. The number of nitrogens with one attached hydrogen (secondary N) is 1. The van der Waals surface area contributed by atoms with Crippen molar-refractivity contribution in [3.63, 3.8) is 0 Å². The third-order valence-electron chi connectivity index (χ3n) is 11.8. The SMILES string of the molecule is C=C1CCC(N2C(=O)c3ccc(N4CC(COCCOCCOCCOC5CC(Oc6ccc(-c7ccc8c9cnccc9n(C)c8c7)cn6)C5)C4)cc3C2=O)C(=O)N1. The monoisotopic (exact) mass is 800 g/mol. The Labute approximate surface area is 342 Å². The summed E-state index contributed by atoms with van der Waals surface area (Å²) in [5, 5.41) is 5.01. The van der Waals surface area contributed by atoms with E-state index in [1.165, 1.54) is 5.39 Å². The van der Waals surface area contributed by atoms with Crippen molar-refractivity contribution in [2.24, 2.45) is 13.0 Å². The maximum atomic E-state index is 13.2. The number of nitrogens with zero attached hydrogens (tertiary/aromatic N) is 5. The van der Waals surface area contributed by atoms with Crippen molar-refractivity contribution in [1.29, 1.82) is 0 Å². The molecule has 9 rings (SSSR count). The number of anilines is 1. The molecule has 0 bridgehead atoms. The van der Waals surface area contributed by atoms with Crippen molar-refractivity contribution in [1.82, 2.24) is 24.8 Å². The average Bonchev–Trinajstić information content (AvgIpc) is 3.64. The number of hydrogen-bond acceptors (Lipinski definition) is 11. The van der Waals surface area contributed by atoms with Gasteiger partial charge < -0.3 is 38.5 Å². The highest BCUT2D eigenvalue weighted by atomic mass is 16.6. The van der Waals surface area contributed by atoms with Gasteiger partial charge in [0.25, 0.3) is 11.8 Å². The number of fused-ring (bicyclic) bond motifs is 4. The molecule has 1 N–H and O–H groups in total. The Hall–Kier alpha value is -5.67. The van der Waals surface area contributed by atoms with Gasteiger partial charge in [-0.15, -0.1) is 0 Å². The van der Waals surface area contributed by atoms with Crippen LogP contribution in [0.4, 0.5) is 5.69 Å². The second-order valence-electron chi connectivity index (χ2n) is 15.7. The number of imide groups is 1. The molecule has 0 radical (unpaired) electrons. The van der Waals surface area contributed by atoms with Crippen LogP contribution >= 0.6 is 0 Å². The predicted octanol–water partition coefficient (Wildman–Crippen LogP) is 5.29. The van der Waals surface area contributed by atoms with Gasteiger partial charge in [0.1, 0.15) is 12.1 Å².